The van der Waals surface area contributed by atoms with Crippen molar-refractivity contribution in [2.24, 2.45) is 0 Å². The quantitative estimate of drug-likeness (QED) is 0.857. The Labute approximate surface area is 113 Å². The predicted molar refractivity (Wildman–Crippen MR) is 72.2 cm³/mol. The zero-order valence-electron chi connectivity index (χ0n) is 11.6. The summed E-state index contributed by atoms with van der Waals surface area (Å²) in [6.45, 7) is 6.00. The molecule has 2 aromatic heterocycles. The van der Waals surface area contributed by atoms with Crippen LogP contribution >= 0.6 is 0 Å². The van der Waals surface area contributed by atoms with Crippen LogP contribution in [0.2, 0.25) is 0 Å². The third-order valence-corrected chi connectivity index (χ3v) is 3.25. The van der Waals surface area contributed by atoms with Crippen LogP contribution in [0.4, 0.5) is 0 Å². The minimum Gasteiger partial charge on any atom is -0.475 e. The lowest BCUT2D eigenvalue weighted by Gasteiger charge is -2.08. The lowest BCUT2D eigenvalue weighted by atomic mass is 10.4. The first-order valence-electron chi connectivity index (χ1n) is 6.44. The van der Waals surface area contributed by atoms with Gasteiger partial charge in [-0.25, -0.2) is 14.6 Å². The fourth-order valence-electron chi connectivity index (χ4n) is 2.33. The number of aromatic nitrogens is 4. The van der Waals surface area contributed by atoms with E-state index in [9.17, 15) is 14.4 Å². The zero-order valence-corrected chi connectivity index (χ0v) is 11.6. The monoisotopic (exact) mass is 280 g/mol. The summed E-state index contributed by atoms with van der Waals surface area (Å²) < 4.78 is 3.74. The van der Waals surface area contributed by atoms with Crippen molar-refractivity contribution in [2.75, 3.05) is 0 Å². The van der Waals surface area contributed by atoms with Crippen molar-refractivity contribution < 1.29 is 9.90 Å². The standard InChI is InChI=1S/C12H16N4O4/c1-4-14-7-8(13-9(14)11(18)19)15(5-2)12(20)16(6-3)10(7)17/h4-6H2,1-3H3,(H,18,19). The second-order valence-electron chi connectivity index (χ2n) is 4.23. The molecule has 108 valence electrons. The first-order valence-corrected chi connectivity index (χ1v) is 6.44. The first kappa shape index (κ1) is 14.0. The summed E-state index contributed by atoms with van der Waals surface area (Å²) in [7, 11) is 0. The van der Waals surface area contributed by atoms with E-state index in [2.05, 4.69) is 4.98 Å². The Bertz CT molecular complexity index is 796. The lowest BCUT2D eigenvalue weighted by Crippen LogP contribution is -2.40. The molecule has 2 heterocycles. The second-order valence-corrected chi connectivity index (χ2v) is 4.23. The molecule has 20 heavy (non-hydrogen) atoms. The molecular formula is C12H16N4O4. The molecule has 0 saturated heterocycles. The summed E-state index contributed by atoms with van der Waals surface area (Å²) in [5, 5.41) is 9.17. The fraction of sp³-hybridized carbons (Fsp3) is 0.500. The second kappa shape index (κ2) is 4.95. The molecule has 0 spiro atoms. The minimum atomic E-state index is -1.22. The molecule has 2 rings (SSSR count). The molecule has 1 N–H and O–H groups in total. The number of nitrogens with zero attached hydrogens (tertiary/aromatic N) is 4. The number of carboxylic acid groups (broad SMARTS) is 1. The molecule has 0 atom stereocenters. The molecule has 0 amide bonds. The van der Waals surface area contributed by atoms with Crippen molar-refractivity contribution >= 4 is 17.1 Å². The summed E-state index contributed by atoms with van der Waals surface area (Å²) in [6.07, 6.45) is 0. The molecule has 0 aliphatic rings. The highest BCUT2D eigenvalue weighted by atomic mass is 16.4. The van der Waals surface area contributed by atoms with E-state index in [-0.39, 0.29) is 23.5 Å². The van der Waals surface area contributed by atoms with Crippen LogP contribution in [-0.2, 0) is 19.6 Å². The molecule has 0 radical (unpaired) electrons. The topological polar surface area (TPSA) is 99.1 Å². The van der Waals surface area contributed by atoms with Gasteiger partial charge in [-0.2, -0.15) is 0 Å². The third kappa shape index (κ3) is 1.75. The van der Waals surface area contributed by atoms with Gasteiger partial charge < -0.3 is 9.67 Å². The zero-order chi connectivity index (χ0) is 15.0. The number of carboxylic acids is 1. The van der Waals surface area contributed by atoms with Crippen LogP contribution in [0.15, 0.2) is 9.59 Å². The molecule has 8 heteroatoms. The number of rotatable bonds is 4. The summed E-state index contributed by atoms with van der Waals surface area (Å²) >= 11 is 0. The number of fused-ring (bicyclic) bond motifs is 1. The summed E-state index contributed by atoms with van der Waals surface area (Å²) in [5.41, 5.74) is -0.677. The van der Waals surface area contributed by atoms with Crippen molar-refractivity contribution in [3.63, 3.8) is 0 Å². The average molecular weight is 280 g/mol. The number of carbonyl (C=O) groups is 1. The van der Waals surface area contributed by atoms with E-state index >= 15 is 0 Å². The van der Waals surface area contributed by atoms with Gasteiger partial charge >= 0.3 is 11.7 Å². The van der Waals surface area contributed by atoms with E-state index in [4.69, 9.17) is 5.11 Å². The van der Waals surface area contributed by atoms with Crippen molar-refractivity contribution in [3.05, 3.63) is 26.7 Å². The van der Waals surface area contributed by atoms with E-state index in [1.54, 1.807) is 20.8 Å². The molecule has 8 nitrogen and oxygen atoms in total. The van der Waals surface area contributed by atoms with Crippen LogP contribution < -0.4 is 11.2 Å². The molecule has 0 aliphatic heterocycles. The smallest absolute Gasteiger partial charge is 0.372 e. The average Bonchev–Trinajstić information content (AvgIpc) is 2.79. The summed E-state index contributed by atoms with van der Waals surface area (Å²) in [6, 6.07) is 0. The van der Waals surface area contributed by atoms with E-state index in [0.717, 1.165) is 4.57 Å². The molecule has 2 aromatic rings. The van der Waals surface area contributed by atoms with Gasteiger partial charge in [-0.3, -0.25) is 13.9 Å². The Morgan fingerprint density at radius 3 is 2.05 bits per heavy atom. The maximum atomic E-state index is 12.4. The highest BCUT2D eigenvalue weighted by Gasteiger charge is 2.22. The SMILES string of the molecule is CCn1c(=O)c2c(nc(C(=O)O)n2CC)n(CC)c1=O. The Hall–Kier alpha value is -2.38. The number of hydrogen-bond donors (Lipinski definition) is 1. The Balaban J connectivity index is 3.11. The van der Waals surface area contributed by atoms with Gasteiger partial charge in [0.05, 0.1) is 0 Å². The van der Waals surface area contributed by atoms with Gasteiger partial charge in [0, 0.05) is 19.6 Å². The first-order chi connectivity index (χ1) is 9.47. The maximum absolute atomic E-state index is 12.4. The number of imidazole rings is 1. The largest absolute Gasteiger partial charge is 0.475 e. The van der Waals surface area contributed by atoms with Crippen LogP contribution in [0.5, 0.6) is 0 Å². The molecule has 0 aliphatic carbocycles. The number of aromatic carboxylic acids is 1. The van der Waals surface area contributed by atoms with Crippen LogP contribution in [-0.4, -0.2) is 29.8 Å². The Morgan fingerprint density at radius 1 is 1.05 bits per heavy atom. The predicted octanol–water partition coefficient (Wildman–Crippen LogP) is 0.118. The van der Waals surface area contributed by atoms with Gasteiger partial charge in [0.25, 0.3) is 5.56 Å². The van der Waals surface area contributed by atoms with Gasteiger partial charge in [0.1, 0.15) is 0 Å². The van der Waals surface area contributed by atoms with E-state index in [1.165, 1.54) is 9.13 Å². The summed E-state index contributed by atoms with van der Waals surface area (Å²) in [4.78, 5) is 39.7. The van der Waals surface area contributed by atoms with Gasteiger partial charge in [-0.15, -0.1) is 0 Å². The van der Waals surface area contributed by atoms with Crippen LogP contribution in [0.25, 0.3) is 11.2 Å². The highest BCUT2D eigenvalue weighted by molar-refractivity contribution is 5.88. The van der Waals surface area contributed by atoms with Gasteiger partial charge in [0.15, 0.2) is 11.2 Å². The Morgan fingerprint density at radius 2 is 1.60 bits per heavy atom. The van der Waals surface area contributed by atoms with Gasteiger partial charge in [-0.1, -0.05) is 0 Å². The summed E-state index contributed by atoms with van der Waals surface area (Å²) in [5.74, 6) is -1.45. The molecule has 0 saturated carbocycles. The van der Waals surface area contributed by atoms with E-state index in [1.807, 2.05) is 0 Å². The molecule has 0 bridgehead atoms. The molecule has 0 unspecified atom stereocenters. The van der Waals surface area contributed by atoms with Crippen molar-refractivity contribution in [1.82, 2.24) is 18.7 Å². The third-order valence-electron chi connectivity index (χ3n) is 3.25. The maximum Gasteiger partial charge on any atom is 0.372 e. The fourth-order valence-corrected chi connectivity index (χ4v) is 2.33. The van der Waals surface area contributed by atoms with Crippen molar-refractivity contribution in [2.45, 2.75) is 40.4 Å². The lowest BCUT2D eigenvalue weighted by molar-refractivity contribution is 0.0679. The molecular weight excluding hydrogens is 264 g/mol. The van der Waals surface area contributed by atoms with Crippen LogP contribution in [0.3, 0.4) is 0 Å². The van der Waals surface area contributed by atoms with E-state index in [0.29, 0.717) is 13.1 Å². The van der Waals surface area contributed by atoms with Gasteiger partial charge in [0.2, 0.25) is 5.82 Å². The Kier molecular flexibility index (Phi) is 3.47. The highest BCUT2D eigenvalue weighted by Crippen LogP contribution is 2.11. The molecule has 0 aromatic carbocycles. The van der Waals surface area contributed by atoms with E-state index < -0.39 is 17.2 Å². The van der Waals surface area contributed by atoms with Crippen LogP contribution in [0.1, 0.15) is 31.4 Å². The van der Waals surface area contributed by atoms with Gasteiger partial charge in [-0.05, 0) is 20.8 Å². The normalized spacial score (nSPS) is 11.2. The number of hydrogen-bond acceptors (Lipinski definition) is 4. The minimum absolute atomic E-state index is 0.131. The van der Waals surface area contributed by atoms with Crippen molar-refractivity contribution in [1.29, 1.82) is 0 Å². The van der Waals surface area contributed by atoms with Crippen molar-refractivity contribution in [3.8, 4) is 0 Å². The van der Waals surface area contributed by atoms with Crippen LogP contribution in [0, 0.1) is 0 Å². The number of aryl methyl sites for hydroxylation is 2. The molecule has 0 fully saturated rings.